The Morgan fingerprint density at radius 1 is 1.53 bits per heavy atom. The van der Waals surface area contributed by atoms with Crippen LogP contribution < -0.4 is 15.8 Å². The quantitative estimate of drug-likeness (QED) is 0.828. The molecule has 0 heterocycles. The largest absolute Gasteiger partial charge is 0.491 e. The molecule has 4 nitrogen and oxygen atoms in total. The predicted molar refractivity (Wildman–Crippen MR) is 76.2 cm³/mol. The van der Waals surface area contributed by atoms with Gasteiger partial charge in [-0.25, -0.2) is 0 Å². The van der Waals surface area contributed by atoms with Crippen LogP contribution in [0, 0.1) is 5.41 Å². The van der Waals surface area contributed by atoms with Gasteiger partial charge in [0.05, 0.1) is 11.5 Å². The maximum Gasteiger partial charge on any atom is 0.231 e. The molecule has 1 atom stereocenters. The molecule has 0 saturated heterocycles. The fourth-order valence-electron chi connectivity index (χ4n) is 1.90. The Bertz CT molecular complexity index is 455. The highest BCUT2D eigenvalue weighted by Crippen LogP contribution is 2.45. The molecule has 1 unspecified atom stereocenters. The summed E-state index contributed by atoms with van der Waals surface area (Å²) in [5.74, 6) is 0.806. The molecule has 0 spiro atoms. The molecule has 104 valence electrons. The van der Waals surface area contributed by atoms with E-state index >= 15 is 0 Å². The van der Waals surface area contributed by atoms with Crippen molar-refractivity contribution >= 4 is 11.6 Å². The summed E-state index contributed by atoms with van der Waals surface area (Å²) in [6.07, 6.45) is 2.90. The third kappa shape index (κ3) is 3.26. The van der Waals surface area contributed by atoms with Crippen LogP contribution in [0.15, 0.2) is 24.3 Å². The van der Waals surface area contributed by atoms with Crippen LogP contribution in [0.3, 0.4) is 0 Å². The van der Waals surface area contributed by atoms with Crippen molar-refractivity contribution in [2.75, 3.05) is 11.9 Å². The number of carbonyl (C=O) groups is 1. The van der Waals surface area contributed by atoms with Crippen molar-refractivity contribution in [2.45, 2.75) is 39.2 Å². The van der Waals surface area contributed by atoms with E-state index in [0.717, 1.165) is 30.7 Å². The van der Waals surface area contributed by atoms with Gasteiger partial charge < -0.3 is 15.8 Å². The second-order valence-corrected chi connectivity index (χ2v) is 5.30. The summed E-state index contributed by atoms with van der Waals surface area (Å²) >= 11 is 0. The lowest BCUT2D eigenvalue weighted by Crippen LogP contribution is -2.30. The fourth-order valence-corrected chi connectivity index (χ4v) is 1.90. The van der Waals surface area contributed by atoms with Gasteiger partial charge in [-0.05, 0) is 38.3 Å². The molecule has 1 fully saturated rings. The lowest BCUT2D eigenvalue weighted by Gasteiger charge is -2.15. The molecule has 1 saturated carbocycles. The summed E-state index contributed by atoms with van der Waals surface area (Å²) in [5, 5.41) is 2.93. The third-order valence-electron chi connectivity index (χ3n) is 3.73. The average molecular weight is 262 g/mol. The van der Waals surface area contributed by atoms with E-state index < -0.39 is 0 Å². The van der Waals surface area contributed by atoms with E-state index in [4.69, 9.17) is 10.5 Å². The Morgan fingerprint density at radius 3 is 2.84 bits per heavy atom. The minimum atomic E-state index is -0.326. The molecule has 0 aromatic heterocycles. The van der Waals surface area contributed by atoms with Crippen LogP contribution in [0.2, 0.25) is 0 Å². The number of hydrogen-bond donors (Lipinski definition) is 2. The molecule has 1 aliphatic carbocycles. The highest BCUT2D eigenvalue weighted by molar-refractivity contribution is 5.97. The summed E-state index contributed by atoms with van der Waals surface area (Å²) in [7, 11) is 0. The molecule has 1 aliphatic rings. The molecule has 3 N–H and O–H groups in total. The molecule has 1 aromatic rings. The molecule has 1 aromatic carbocycles. The first-order valence-electron chi connectivity index (χ1n) is 6.88. The van der Waals surface area contributed by atoms with E-state index in [1.165, 1.54) is 0 Å². The van der Waals surface area contributed by atoms with Crippen molar-refractivity contribution in [2.24, 2.45) is 11.1 Å². The number of ether oxygens (including phenoxy) is 1. The summed E-state index contributed by atoms with van der Waals surface area (Å²) in [6.45, 7) is 4.52. The van der Waals surface area contributed by atoms with Gasteiger partial charge in [0.15, 0.2) is 0 Å². The number of amides is 1. The van der Waals surface area contributed by atoms with Crippen LogP contribution in [0.25, 0.3) is 0 Å². The van der Waals surface area contributed by atoms with Crippen molar-refractivity contribution in [3.05, 3.63) is 24.3 Å². The Hall–Kier alpha value is -1.55. The molecular formula is C15H22N2O2. The molecule has 1 amide bonds. The third-order valence-corrected chi connectivity index (χ3v) is 3.73. The summed E-state index contributed by atoms with van der Waals surface area (Å²) in [4.78, 5) is 12.1. The second-order valence-electron chi connectivity index (χ2n) is 5.30. The molecule has 0 radical (unpaired) electrons. The molecule has 4 heteroatoms. The zero-order valence-corrected chi connectivity index (χ0v) is 11.6. The number of hydrogen-bond acceptors (Lipinski definition) is 3. The predicted octanol–water partition coefficient (Wildman–Crippen LogP) is 2.54. The number of benzene rings is 1. The first-order chi connectivity index (χ1) is 9.09. The van der Waals surface area contributed by atoms with Gasteiger partial charge in [0.2, 0.25) is 5.91 Å². The number of nitrogens with one attached hydrogen (secondary N) is 1. The SMILES string of the molecule is CCC(C)Oc1cccc(NC(=O)C2(CN)CC2)c1. The zero-order chi connectivity index (χ0) is 13.9. The maximum atomic E-state index is 12.1. The highest BCUT2D eigenvalue weighted by Gasteiger charge is 2.48. The summed E-state index contributed by atoms with van der Waals surface area (Å²) < 4.78 is 5.74. The van der Waals surface area contributed by atoms with Crippen molar-refractivity contribution in [3.8, 4) is 5.75 Å². The van der Waals surface area contributed by atoms with Gasteiger partial charge >= 0.3 is 0 Å². The van der Waals surface area contributed by atoms with Crippen LogP contribution >= 0.6 is 0 Å². The van der Waals surface area contributed by atoms with Gasteiger partial charge in [0.25, 0.3) is 0 Å². The second kappa shape index (κ2) is 5.61. The van der Waals surface area contributed by atoms with Gasteiger partial charge in [0, 0.05) is 18.3 Å². The van der Waals surface area contributed by atoms with E-state index in [1.807, 2.05) is 31.2 Å². The molecule has 2 rings (SSSR count). The minimum Gasteiger partial charge on any atom is -0.491 e. The molecule has 0 bridgehead atoms. The van der Waals surface area contributed by atoms with Crippen LogP contribution in [-0.2, 0) is 4.79 Å². The van der Waals surface area contributed by atoms with Crippen molar-refractivity contribution in [1.29, 1.82) is 0 Å². The lowest BCUT2D eigenvalue weighted by molar-refractivity contribution is -0.120. The normalized spacial score (nSPS) is 17.6. The van der Waals surface area contributed by atoms with Crippen molar-refractivity contribution in [3.63, 3.8) is 0 Å². The number of carbonyl (C=O) groups excluding carboxylic acids is 1. The van der Waals surface area contributed by atoms with Crippen LogP contribution in [0.1, 0.15) is 33.1 Å². The monoisotopic (exact) mass is 262 g/mol. The van der Waals surface area contributed by atoms with E-state index in [-0.39, 0.29) is 17.4 Å². The fraction of sp³-hybridized carbons (Fsp3) is 0.533. The summed E-state index contributed by atoms with van der Waals surface area (Å²) in [6, 6.07) is 7.51. The standard InChI is InChI=1S/C15H22N2O2/c1-3-11(2)19-13-6-4-5-12(9-13)17-14(18)15(10-16)7-8-15/h4-6,9,11H,3,7-8,10,16H2,1-2H3,(H,17,18). The Kier molecular flexibility index (Phi) is 4.10. The van der Waals surface area contributed by atoms with Crippen molar-refractivity contribution < 1.29 is 9.53 Å². The Balaban J connectivity index is 2.01. The molecular weight excluding hydrogens is 240 g/mol. The Labute approximate surface area is 114 Å². The van der Waals surface area contributed by atoms with Crippen molar-refractivity contribution in [1.82, 2.24) is 0 Å². The molecule has 19 heavy (non-hydrogen) atoms. The first kappa shape index (κ1) is 13.9. The van der Waals surface area contributed by atoms with Gasteiger partial charge in [-0.2, -0.15) is 0 Å². The van der Waals surface area contributed by atoms with Gasteiger partial charge in [0.1, 0.15) is 5.75 Å². The van der Waals surface area contributed by atoms with E-state index in [2.05, 4.69) is 12.2 Å². The number of nitrogens with two attached hydrogens (primary N) is 1. The van der Waals surface area contributed by atoms with E-state index in [1.54, 1.807) is 0 Å². The van der Waals surface area contributed by atoms with Crippen LogP contribution in [0.5, 0.6) is 5.75 Å². The highest BCUT2D eigenvalue weighted by atomic mass is 16.5. The summed E-state index contributed by atoms with van der Waals surface area (Å²) in [5.41, 5.74) is 6.09. The Morgan fingerprint density at radius 2 is 2.26 bits per heavy atom. The first-order valence-corrected chi connectivity index (χ1v) is 6.88. The van der Waals surface area contributed by atoms with Crippen LogP contribution in [0.4, 0.5) is 5.69 Å². The minimum absolute atomic E-state index is 0.0238. The topological polar surface area (TPSA) is 64.3 Å². The zero-order valence-electron chi connectivity index (χ0n) is 11.6. The lowest BCUT2D eigenvalue weighted by atomic mass is 10.1. The van der Waals surface area contributed by atoms with Gasteiger partial charge in [-0.3, -0.25) is 4.79 Å². The van der Waals surface area contributed by atoms with E-state index in [9.17, 15) is 4.79 Å². The average Bonchev–Trinajstić information content (AvgIpc) is 3.20. The van der Waals surface area contributed by atoms with Gasteiger partial charge in [-0.15, -0.1) is 0 Å². The van der Waals surface area contributed by atoms with E-state index in [0.29, 0.717) is 6.54 Å². The van der Waals surface area contributed by atoms with Gasteiger partial charge in [-0.1, -0.05) is 13.0 Å². The smallest absolute Gasteiger partial charge is 0.231 e. The molecule has 0 aliphatic heterocycles. The number of rotatable bonds is 6. The maximum absolute atomic E-state index is 12.1. The van der Waals surface area contributed by atoms with Crippen LogP contribution in [-0.4, -0.2) is 18.6 Å². The number of anilines is 1.